The Morgan fingerprint density at radius 3 is 2.60 bits per heavy atom. The molecule has 0 unspecified atom stereocenters. The molecule has 0 fully saturated rings. The second-order valence-electron chi connectivity index (χ2n) is 9.54. The van der Waals surface area contributed by atoms with Gasteiger partial charge in [0.05, 0.1) is 29.4 Å². The molecule has 0 bridgehead atoms. The van der Waals surface area contributed by atoms with Crippen molar-refractivity contribution in [3.63, 3.8) is 0 Å². The van der Waals surface area contributed by atoms with Gasteiger partial charge in [-0.1, -0.05) is 6.07 Å². The van der Waals surface area contributed by atoms with E-state index < -0.39 is 5.82 Å². The summed E-state index contributed by atoms with van der Waals surface area (Å²) in [5.41, 5.74) is 3.51. The number of carbonyl (C=O) groups excluding carboxylic acids is 1. The second kappa shape index (κ2) is 9.70. The van der Waals surface area contributed by atoms with Crippen LogP contribution in [-0.2, 0) is 16.8 Å². The molecule has 8 heteroatoms. The lowest BCUT2D eigenvalue weighted by atomic mass is 10.1. The number of amides is 1. The molecule has 1 N–H and O–H groups in total. The van der Waals surface area contributed by atoms with Crippen LogP contribution in [0.25, 0.3) is 10.9 Å². The average molecular weight is 493 g/mol. The number of carbonyl (C=O) groups is 1. The normalized spacial score (nSPS) is 11.6. The molecule has 0 spiro atoms. The van der Waals surface area contributed by atoms with E-state index in [1.165, 1.54) is 6.07 Å². The summed E-state index contributed by atoms with van der Waals surface area (Å²) in [5.74, 6) is -0.0884. The van der Waals surface area contributed by atoms with Gasteiger partial charge < -0.3 is 10.1 Å². The fourth-order valence-corrected chi connectivity index (χ4v) is 4.47. The van der Waals surface area contributed by atoms with Crippen LogP contribution in [0.5, 0.6) is 11.5 Å². The quantitative estimate of drug-likeness (QED) is 0.306. The molecule has 0 aliphatic carbocycles. The molecule has 0 saturated carbocycles. The number of benzene rings is 2. The first-order chi connectivity index (χ1) is 16.5. The van der Waals surface area contributed by atoms with Crippen molar-refractivity contribution in [3.8, 4) is 11.5 Å². The van der Waals surface area contributed by atoms with Gasteiger partial charge in [-0.25, -0.2) is 4.39 Å². The van der Waals surface area contributed by atoms with Gasteiger partial charge in [0.15, 0.2) is 11.6 Å². The van der Waals surface area contributed by atoms with Gasteiger partial charge in [-0.3, -0.25) is 14.5 Å². The molecule has 1 amide bonds. The largest absolute Gasteiger partial charge is 0.453 e. The number of thioether (sulfide) groups is 1. The lowest BCUT2D eigenvalue weighted by Crippen LogP contribution is -2.22. The summed E-state index contributed by atoms with van der Waals surface area (Å²) in [6.07, 6.45) is 7.09. The molecule has 0 aliphatic rings. The molecule has 0 aliphatic heterocycles. The molecular formula is C27H29FN4O2S. The number of pyridine rings is 1. The minimum atomic E-state index is -0.518. The number of aromatic nitrogens is 3. The Hall–Kier alpha value is -3.39. The van der Waals surface area contributed by atoms with E-state index >= 15 is 4.39 Å². The summed E-state index contributed by atoms with van der Waals surface area (Å²) in [6.45, 7) is 9.89. The smallest absolute Gasteiger partial charge is 0.228 e. The Bertz CT molecular complexity index is 1390. The molecule has 182 valence electrons. The minimum Gasteiger partial charge on any atom is -0.453 e. The van der Waals surface area contributed by atoms with Crippen molar-refractivity contribution in [2.45, 2.75) is 51.5 Å². The van der Waals surface area contributed by atoms with Crippen molar-refractivity contribution in [1.82, 2.24) is 14.8 Å². The summed E-state index contributed by atoms with van der Waals surface area (Å²) in [4.78, 5) is 18.1. The van der Waals surface area contributed by atoms with Gasteiger partial charge in [-0.15, -0.1) is 11.8 Å². The Morgan fingerprint density at radius 1 is 1.17 bits per heavy atom. The highest BCUT2D eigenvalue weighted by Gasteiger charge is 2.17. The van der Waals surface area contributed by atoms with Gasteiger partial charge >= 0.3 is 0 Å². The topological polar surface area (TPSA) is 69.0 Å². The lowest BCUT2D eigenvalue weighted by molar-refractivity contribution is -0.115. The number of rotatable bonds is 6. The van der Waals surface area contributed by atoms with Crippen LogP contribution in [0.2, 0.25) is 0 Å². The van der Waals surface area contributed by atoms with Crippen LogP contribution < -0.4 is 10.1 Å². The minimum absolute atomic E-state index is 0.0350. The van der Waals surface area contributed by atoms with Crippen LogP contribution in [0.15, 0.2) is 53.8 Å². The maximum atomic E-state index is 15.1. The van der Waals surface area contributed by atoms with Crippen molar-refractivity contribution in [2.75, 3.05) is 11.6 Å². The molecular weight excluding hydrogens is 463 g/mol. The van der Waals surface area contributed by atoms with E-state index in [0.29, 0.717) is 22.6 Å². The number of anilines is 1. The predicted octanol–water partition coefficient (Wildman–Crippen LogP) is 6.64. The summed E-state index contributed by atoms with van der Waals surface area (Å²) in [5, 5.41) is 7.93. The third kappa shape index (κ3) is 5.48. The monoisotopic (exact) mass is 492 g/mol. The molecule has 0 radical (unpaired) electrons. The van der Waals surface area contributed by atoms with Crippen molar-refractivity contribution in [2.24, 2.45) is 0 Å². The molecule has 0 atom stereocenters. The Balaban J connectivity index is 1.53. The first-order valence-electron chi connectivity index (χ1n) is 11.3. The molecule has 6 nitrogen and oxygen atoms in total. The average Bonchev–Trinajstić information content (AvgIpc) is 3.24. The van der Waals surface area contributed by atoms with Gasteiger partial charge in [0, 0.05) is 22.7 Å². The van der Waals surface area contributed by atoms with Crippen LogP contribution in [0, 0.1) is 19.7 Å². The first-order valence-corrected chi connectivity index (χ1v) is 12.5. The maximum absolute atomic E-state index is 15.1. The predicted molar refractivity (Wildman–Crippen MR) is 139 cm³/mol. The molecule has 2 aromatic heterocycles. The van der Waals surface area contributed by atoms with Gasteiger partial charge in [0.1, 0.15) is 5.75 Å². The zero-order valence-corrected chi connectivity index (χ0v) is 21.6. The highest BCUT2D eigenvalue weighted by Crippen LogP contribution is 2.35. The van der Waals surface area contributed by atoms with Crippen molar-refractivity contribution >= 4 is 34.3 Å². The zero-order chi connectivity index (χ0) is 25.3. The van der Waals surface area contributed by atoms with Crippen molar-refractivity contribution in [1.29, 1.82) is 0 Å². The number of nitrogens with zero attached hydrogens (tertiary/aromatic N) is 3. The fourth-order valence-electron chi connectivity index (χ4n) is 3.85. The second-order valence-corrected chi connectivity index (χ2v) is 10.4. The van der Waals surface area contributed by atoms with Gasteiger partial charge in [0.25, 0.3) is 0 Å². The SMILES string of the molecule is CSc1cc2c(Oc3c(C)cc(CC(=O)Nc4cnn(C(C)(C)C)c4)cc3F)ccnc2cc1C. The van der Waals surface area contributed by atoms with Gasteiger partial charge in [-0.2, -0.15) is 5.10 Å². The number of hydrogen-bond acceptors (Lipinski definition) is 5. The molecule has 35 heavy (non-hydrogen) atoms. The Morgan fingerprint density at radius 2 is 1.94 bits per heavy atom. The third-order valence-corrected chi connectivity index (χ3v) is 6.52. The standard InChI is InChI=1S/C27H29FN4O2S/c1-16-10-22-20(13-24(16)35-6)23(7-8-29-22)34-26-17(2)9-18(11-21(26)28)12-25(33)31-19-14-30-32(15-19)27(3,4)5/h7-11,13-15H,12H2,1-6H3,(H,31,33). The van der Waals surface area contributed by atoms with E-state index in [4.69, 9.17) is 4.74 Å². The molecule has 2 heterocycles. The van der Waals surface area contributed by atoms with E-state index in [-0.39, 0.29) is 23.6 Å². The summed E-state index contributed by atoms with van der Waals surface area (Å²) < 4.78 is 23.0. The summed E-state index contributed by atoms with van der Waals surface area (Å²) in [7, 11) is 0. The van der Waals surface area contributed by atoms with Crippen LogP contribution in [-0.4, -0.2) is 26.9 Å². The summed E-state index contributed by atoms with van der Waals surface area (Å²) >= 11 is 1.64. The van der Waals surface area contributed by atoms with E-state index in [2.05, 4.69) is 15.4 Å². The van der Waals surface area contributed by atoms with Gasteiger partial charge in [-0.05, 0) is 81.8 Å². The molecule has 0 saturated heterocycles. The van der Waals surface area contributed by atoms with Crippen molar-refractivity contribution in [3.05, 3.63) is 71.4 Å². The van der Waals surface area contributed by atoms with E-state index in [1.54, 1.807) is 54.1 Å². The van der Waals surface area contributed by atoms with Crippen LogP contribution >= 0.6 is 11.8 Å². The van der Waals surface area contributed by atoms with Crippen LogP contribution in [0.3, 0.4) is 0 Å². The number of halogens is 1. The van der Waals surface area contributed by atoms with E-state index in [0.717, 1.165) is 21.4 Å². The number of aryl methyl sites for hydroxylation is 2. The Labute approximate surface area is 208 Å². The fraction of sp³-hybridized carbons (Fsp3) is 0.296. The number of ether oxygens (including phenoxy) is 1. The third-order valence-electron chi connectivity index (χ3n) is 5.64. The Kier molecular flexibility index (Phi) is 6.85. The van der Waals surface area contributed by atoms with Crippen LogP contribution in [0.1, 0.15) is 37.5 Å². The van der Waals surface area contributed by atoms with E-state index in [1.807, 2.05) is 46.1 Å². The summed E-state index contributed by atoms with van der Waals surface area (Å²) in [6, 6.07) is 8.88. The molecule has 4 aromatic rings. The number of hydrogen-bond donors (Lipinski definition) is 1. The lowest BCUT2D eigenvalue weighted by Gasteiger charge is -2.18. The van der Waals surface area contributed by atoms with Crippen LogP contribution in [0.4, 0.5) is 10.1 Å². The van der Waals surface area contributed by atoms with E-state index in [9.17, 15) is 4.79 Å². The van der Waals surface area contributed by atoms with Gasteiger partial charge in [0.2, 0.25) is 5.91 Å². The number of nitrogens with one attached hydrogen (secondary N) is 1. The van der Waals surface area contributed by atoms with Crippen molar-refractivity contribution < 1.29 is 13.9 Å². The molecule has 2 aromatic carbocycles. The highest BCUT2D eigenvalue weighted by molar-refractivity contribution is 7.98. The zero-order valence-electron chi connectivity index (χ0n) is 20.8. The maximum Gasteiger partial charge on any atom is 0.228 e. The first kappa shape index (κ1) is 24.7. The number of fused-ring (bicyclic) bond motifs is 1. The molecule has 4 rings (SSSR count). The highest BCUT2D eigenvalue weighted by atomic mass is 32.2.